The summed E-state index contributed by atoms with van der Waals surface area (Å²) >= 11 is 0. The van der Waals surface area contributed by atoms with Crippen LogP contribution in [0.25, 0.3) is 0 Å². The maximum Gasteiger partial charge on any atom is 0.223 e. The summed E-state index contributed by atoms with van der Waals surface area (Å²) in [5.41, 5.74) is 1.57. The summed E-state index contributed by atoms with van der Waals surface area (Å²) < 4.78 is 0. The molecule has 1 aliphatic carbocycles. The minimum atomic E-state index is 0. The number of halogens is 1. The topological polar surface area (TPSA) is 56.7 Å². The van der Waals surface area contributed by atoms with Gasteiger partial charge in [0.15, 0.2) is 5.96 Å². The van der Waals surface area contributed by atoms with Crippen molar-refractivity contribution in [3.63, 3.8) is 0 Å². The van der Waals surface area contributed by atoms with Crippen LogP contribution in [0.1, 0.15) is 51.5 Å². The molecule has 1 saturated heterocycles. The monoisotopic (exact) mass is 526 g/mol. The fourth-order valence-electron chi connectivity index (χ4n) is 4.74. The van der Waals surface area contributed by atoms with E-state index in [2.05, 4.69) is 53.7 Å². The van der Waals surface area contributed by atoms with Crippen LogP contribution in [-0.4, -0.2) is 50.0 Å². The Morgan fingerprint density at radius 1 is 1.17 bits per heavy atom. The Balaban J connectivity index is 0.00000320. The summed E-state index contributed by atoms with van der Waals surface area (Å²) in [6.45, 7) is 8.10. The van der Waals surface area contributed by atoms with E-state index in [9.17, 15) is 4.79 Å². The zero-order chi connectivity index (χ0) is 20.7. The first-order chi connectivity index (χ1) is 14.0. The summed E-state index contributed by atoms with van der Waals surface area (Å²) in [7, 11) is 1.82. The third-order valence-electron chi connectivity index (χ3n) is 6.76. The van der Waals surface area contributed by atoms with Gasteiger partial charge in [-0.05, 0) is 36.2 Å². The lowest BCUT2D eigenvalue weighted by atomic mass is 9.78. The van der Waals surface area contributed by atoms with Gasteiger partial charge in [0.25, 0.3) is 0 Å². The van der Waals surface area contributed by atoms with Gasteiger partial charge in [-0.2, -0.15) is 0 Å². The fraction of sp³-hybridized carbons (Fsp3) is 0.667. The molecule has 1 atom stereocenters. The lowest BCUT2D eigenvalue weighted by Crippen LogP contribution is -2.45. The van der Waals surface area contributed by atoms with Gasteiger partial charge in [-0.3, -0.25) is 9.79 Å². The number of guanidine groups is 1. The minimum Gasteiger partial charge on any atom is -0.356 e. The Hall–Kier alpha value is -1.31. The smallest absolute Gasteiger partial charge is 0.223 e. The van der Waals surface area contributed by atoms with Crippen molar-refractivity contribution >= 4 is 35.8 Å². The van der Waals surface area contributed by atoms with Crippen LogP contribution in [0.5, 0.6) is 0 Å². The molecule has 30 heavy (non-hydrogen) atoms. The first-order valence-corrected chi connectivity index (χ1v) is 11.2. The second kappa shape index (κ2) is 11.9. The zero-order valence-corrected chi connectivity index (χ0v) is 21.2. The molecule has 2 aliphatic rings. The number of carbonyl (C=O) groups is 1. The average Bonchev–Trinajstić information content (AvgIpc) is 3.38. The summed E-state index contributed by atoms with van der Waals surface area (Å²) in [5, 5.41) is 6.97. The molecule has 1 aliphatic heterocycles. The highest BCUT2D eigenvalue weighted by molar-refractivity contribution is 14.0. The number of carbonyl (C=O) groups excluding carboxylic acids is 1. The van der Waals surface area contributed by atoms with Gasteiger partial charge in [0.2, 0.25) is 5.91 Å². The Labute approximate surface area is 199 Å². The van der Waals surface area contributed by atoms with Crippen LogP contribution in [0.2, 0.25) is 0 Å². The number of rotatable bonds is 8. The Morgan fingerprint density at radius 2 is 1.87 bits per heavy atom. The lowest BCUT2D eigenvalue weighted by molar-refractivity contribution is -0.127. The Bertz CT molecular complexity index is 686. The van der Waals surface area contributed by atoms with E-state index >= 15 is 0 Å². The van der Waals surface area contributed by atoms with E-state index in [-0.39, 0.29) is 35.3 Å². The van der Waals surface area contributed by atoms with Gasteiger partial charge in [0.05, 0.1) is 0 Å². The molecule has 2 fully saturated rings. The van der Waals surface area contributed by atoms with E-state index < -0.39 is 0 Å². The number of amides is 1. The van der Waals surface area contributed by atoms with E-state index in [1.165, 1.54) is 31.2 Å². The number of nitrogens with one attached hydrogen (secondary N) is 2. The number of aliphatic imine (C=N–C) groups is 1. The van der Waals surface area contributed by atoms with E-state index in [0.717, 1.165) is 44.5 Å². The highest BCUT2D eigenvalue weighted by Crippen LogP contribution is 2.38. The van der Waals surface area contributed by atoms with Gasteiger partial charge in [0, 0.05) is 45.6 Å². The third kappa shape index (κ3) is 7.13. The van der Waals surface area contributed by atoms with Crippen LogP contribution < -0.4 is 10.6 Å². The molecule has 6 heteroatoms. The fourth-order valence-corrected chi connectivity index (χ4v) is 4.74. The van der Waals surface area contributed by atoms with Crippen LogP contribution in [0.15, 0.2) is 35.3 Å². The summed E-state index contributed by atoms with van der Waals surface area (Å²) in [6, 6.07) is 10.4. The summed E-state index contributed by atoms with van der Waals surface area (Å²) in [4.78, 5) is 18.8. The molecule has 5 nitrogen and oxygen atoms in total. The van der Waals surface area contributed by atoms with Crippen molar-refractivity contribution in [2.75, 3.05) is 33.2 Å². The van der Waals surface area contributed by atoms with Crippen molar-refractivity contribution in [2.45, 2.75) is 52.4 Å². The van der Waals surface area contributed by atoms with Crippen LogP contribution in [0.4, 0.5) is 0 Å². The maximum absolute atomic E-state index is 12.4. The van der Waals surface area contributed by atoms with Crippen molar-refractivity contribution in [3.8, 4) is 0 Å². The highest BCUT2D eigenvalue weighted by Gasteiger charge is 2.32. The normalized spacial score (nSPS) is 20.4. The SMILES string of the molecule is CN=C(NCC1CC(=O)N(CCc2ccccc2)C1)NCC(C)(C)C1CCCC1.I. The molecule has 1 saturated carbocycles. The number of likely N-dealkylation sites (tertiary alicyclic amines) is 1. The second-order valence-corrected chi connectivity index (χ2v) is 9.42. The molecule has 0 spiro atoms. The standard InChI is InChI=1S/C24H38N4O.HI/c1-24(2,21-11-7-8-12-21)18-27-23(25-3)26-16-20-15-22(29)28(17-20)14-13-19-9-5-4-6-10-19;/h4-6,9-10,20-21H,7-8,11-18H2,1-3H3,(H2,25,26,27);1H. The van der Waals surface area contributed by atoms with Crippen molar-refractivity contribution in [1.29, 1.82) is 0 Å². The molecule has 0 bridgehead atoms. The molecular formula is C24H39IN4O. The Morgan fingerprint density at radius 3 is 2.53 bits per heavy atom. The van der Waals surface area contributed by atoms with Crippen molar-refractivity contribution in [3.05, 3.63) is 35.9 Å². The van der Waals surface area contributed by atoms with Gasteiger partial charge < -0.3 is 15.5 Å². The summed E-state index contributed by atoms with van der Waals surface area (Å²) in [6.07, 6.45) is 7.00. The molecule has 1 aromatic carbocycles. The summed E-state index contributed by atoms with van der Waals surface area (Å²) in [5.74, 6) is 2.28. The largest absolute Gasteiger partial charge is 0.356 e. The molecule has 1 heterocycles. The highest BCUT2D eigenvalue weighted by atomic mass is 127. The van der Waals surface area contributed by atoms with Gasteiger partial charge in [0.1, 0.15) is 0 Å². The predicted octanol–water partition coefficient (Wildman–Crippen LogP) is 4.08. The van der Waals surface area contributed by atoms with E-state index in [4.69, 9.17) is 0 Å². The molecule has 0 aromatic heterocycles. The minimum absolute atomic E-state index is 0. The number of hydrogen-bond donors (Lipinski definition) is 2. The van der Waals surface area contributed by atoms with Crippen molar-refractivity contribution in [1.82, 2.24) is 15.5 Å². The molecule has 1 amide bonds. The molecular weight excluding hydrogens is 487 g/mol. The quantitative estimate of drug-likeness (QED) is 0.305. The number of benzene rings is 1. The first-order valence-electron chi connectivity index (χ1n) is 11.2. The van der Waals surface area contributed by atoms with Gasteiger partial charge in [-0.1, -0.05) is 57.0 Å². The molecule has 0 radical (unpaired) electrons. The van der Waals surface area contributed by atoms with Crippen LogP contribution in [-0.2, 0) is 11.2 Å². The maximum atomic E-state index is 12.4. The molecule has 1 unspecified atom stereocenters. The first kappa shape index (κ1) is 25.0. The van der Waals surface area contributed by atoms with E-state index in [1.54, 1.807) is 0 Å². The van der Waals surface area contributed by atoms with Crippen LogP contribution in [0, 0.1) is 17.3 Å². The third-order valence-corrected chi connectivity index (χ3v) is 6.76. The van der Waals surface area contributed by atoms with E-state index in [0.29, 0.717) is 12.3 Å². The number of nitrogens with zero attached hydrogens (tertiary/aromatic N) is 2. The van der Waals surface area contributed by atoms with E-state index in [1.807, 2.05) is 18.0 Å². The van der Waals surface area contributed by atoms with Crippen molar-refractivity contribution in [2.24, 2.45) is 22.2 Å². The lowest BCUT2D eigenvalue weighted by Gasteiger charge is -2.32. The number of hydrogen-bond acceptors (Lipinski definition) is 2. The van der Waals surface area contributed by atoms with Gasteiger partial charge in [-0.25, -0.2) is 0 Å². The van der Waals surface area contributed by atoms with Gasteiger partial charge >= 0.3 is 0 Å². The van der Waals surface area contributed by atoms with Crippen LogP contribution in [0.3, 0.4) is 0 Å². The van der Waals surface area contributed by atoms with Crippen LogP contribution >= 0.6 is 24.0 Å². The average molecular weight is 527 g/mol. The predicted molar refractivity (Wildman–Crippen MR) is 135 cm³/mol. The molecule has 168 valence electrons. The second-order valence-electron chi connectivity index (χ2n) is 9.42. The van der Waals surface area contributed by atoms with Crippen molar-refractivity contribution < 1.29 is 4.79 Å². The molecule has 2 N–H and O–H groups in total. The zero-order valence-electron chi connectivity index (χ0n) is 18.8. The molecule has 1 aromatic rings. The molecule has 3 rings (SSSR count). The van der Waals surface area contributed by atoms with Gasteiger partial charge in [-0.15, -0.1) is 24.0 Å². The Kier molecular flexibility index (Phi) is 9.91.